The SMILES string of the molecule is CCCCCCCC/C=C/CCCCCCCCCC(CC(=O)NC(CO)C(O)CCCCCCCCCCCCCCC)OC(=O)CCCCCCCCCCCCCCCCC. The molecule has 0 aliphatic carbocycles. The second-order valence-corrected chi connectivity index (χ2v) is 20.1. The summed E-state index contributed by atoms with van der Waals surface area (Å²) in [5, 5.41) is 23.9. The van der Waals surface area contributed by atoms with Crippen molar-refractivity contribution in [2.24, 2.45) is 0 Å². The summed E-state index contributed by atoms with van der Waals surface area (Å²) < 4.78 is 5.97. The second kappa shape index (κ2) is 52.6. The van der Waals surface area contributed by atoms with Crippen molar-refractivity contribution in [3.8, 4) is 0 Å². The van der Waals surface area contributed by atoms with Gasteiger partial charge in [0.05, 0.1) is 25.2 Å². The molecule has 3 atom stereocenters. The van der Waals surface area contributed by atoms with Crippen molar-refractivity contribution < 1.29 is 24.5 Å². The number of ether oxygens (including phenoxy) is 1. The number of carbonyl (C=O) groups excluding carboxylic acids is 2. The number of aliphatic hydroxyl groups is 2. The molecular formula is C58H113NO5. The van der Waals surface area contributed by atoms with Crippen LogP contribution in [-0.2, 0) is 14.3 Å². The maximum Gasteiger partial charge on any atom is 0.306 e. The number of amides is 1. The standard InChI is InChI=1S/C58H113NO5/c1-4-7-10-13-16-19-22-25-27-28-30-32-34-37-40-43-46-49-54(64-58(63)51-48-45-42-39-36-33-29-26-23-20-17-14-11-8-5-2)52-57(62)59-55(53-60)56(61)50-47-44-41-38-35-31-24-21-18-15-12-9-6-3/h25,27,54-56,60-61H,4-24,26,28-53H2,1-3H3,(H,59,62)/b27-25+. The lowest BCUT2D eigenvalue weighted by Crippen LogP contribution is -2.46. The van der Waals surface area contributed by atoms with E-state index in [9.17, 15) is 19.8 Å². The molecule has 3 unspecified atom stereocenters. The molecule has 6 nitrogen and oxygen atoms in total. The zero-order valence-corrected chi connectivity index (χ0v) is 43.4. The zero-order valence-electron chi connectivity index (χ0n) is 43.4. The minimum Gasteiger partial charge on any atom is -0.462 e. The maximum atomic E-state index is 13.3. The molecule has 0 saturated heterocycles. The van der Waals surface area contributed by atoms with Crippen molar-refractivity contribution >= 4 is 11.9 Å². The highest BCUT2D eigenvalue weighted by Gasteiger charge is 2.24. The van der Waals surface area contributed by atoms with Crippen molar-refractivity contribution in [1.82, 2.24) is 5.32 Å². The number of nitrogens with one attached hydrogen (secondary N) is 1. The fourth-order valence-electron chi connectivity index (χ4n) is 9.19. The molecule has 0 rings (SSSR count). The monoisotopic (exact) mass is 904 g/mol. The number of esters is 1. The number of allylic oxidation sites excluding steroid dienone is 2. The summed E-state index contributed by atoms with van der Waals surface area (Å²) in [6.45, 7) is 6.52. The van der Waals surface area contributed by atoms with Gasteiger partial charge in [-0.2, -0.15) is 0 Å². The largest absolute Gasteiger partial charge is 0.462 e. The van der Waals surface area contributed by atoms with Crippen LogP contribution in [0.15, 0.2) is 12.2 Å². The van der Waals surface area contributed by atoms with Crippen molar-refractivity contribution in [2.75, 3.05) is 6.61 Å². The highest BCUT2D eigenvalue weighted by Crippen LogP contribution is 2.19. The summed E-state index contributed by atoms with van der Waals surface area (Å²) in [6.07, 6.45) is 59.9. The van der Waals surface area contributed by atoms with Gasteiger partial charge < -0.3 is 20.3 Å². The van der Waals surface area contributed by atoms with E-state index in [1.165, 1.54) is 225 Å². The van der Waals surface area contributed by atoms with Crippen LogP contribution in [0.2, 0.25) is 0 Å². The van der Waals surface area contributed by atoms with Gasteiger partial charge in [0.2, 0.25) is 5.91 Å². The van der Waals surface area contributed by atoms with E-state index < -0.39 is 18.2 Å². The number of rotatable bonds is 53. The Bertz CT molecular complexity index is 970. The molecule has 3 N–H and O–H groups in total. The molecule has 6 heteroatoms. The van der Waals surface area contributed by atoms with Crippen LogP contribution < -0.4 is 5.32 Å². The van der Waals surface area contributed by atoms with Gasteiger partial charge >= 0.3 is 5.97 Å². The molecule has 0 aromatic rings. The summed E-state index contributed by atoms with van der Waals surface area (Å²) in [5.41, 5.74) is 0. The summed E-state index contributed by atoms with van der Waals surface area (Å²) in [5.74, 6) is -0.455. The highest BCUT2D eigenvalue weighted by molar-refractivity contribution is 5.77. The van der Waals surface area contributed by atoms with Gasteiger partial charge in [-0.25, -0.2) is 0 Å². The third-order valence-electron chi connectivity index (χ3n) is 13.6. The molecule has 0 aromatic heterocycles. The van der Waals surface area contributed by atoms with Gasteiger partial charge in [-0.3, -0.25) is 9.59 Å². The third-order valence-corrected chi connectivity index (χ3v) is 13.6. The van der Waals surface area contributed by atoms with E-state index in [0.717, 1.165) is 51.4 Å². The van der Waals surface area contributed by atoms with E-state index in [1.807, 2.05) is 0 Å². The van der Waals surface area contributed by atoms with E-state index in [4.69, 9.17) is 4.74 Å². The van der Waals surface area contributed by atoms with Crippen molar-refractivity contribution in [3.05, 3.63) is 12.2 Å². The van der Waals surface area contributed by atoms with Crippen LogP contribution in [0.4, 0.5) is 0 Å². The first-order valence-electron chi connectivity index (χ1n) is 28.9. The average molecular weight is 905 g/mol. The molecule has 380 valence electrons. The predicted octanol–water partition coefficient (Wildman–Crippen LogP) is 17.7. The van der Waals surface area contributed by atoms with Crippen LogP contribution in [0.1, 0.15) is 323 Å². The number of unbranched alkanes of at least 4 members (excludes halogenated alkanes) is 39. The number of carbonyl (C=O) groups is 2. The quantitative estimate of drug-likeness (QED) is 0.0321. The van der Waals surface area contributed by atoms with Gasteiger partial charge in [0.25, 0.3) is 0 Å². The maximum absolute atomic E-state index is 13.3. The smallest absolute Gasteiger partial charge is 0.306 e. The van der Waals surface area contributed by atoms with Gasteiger partial charge in [-0.05, 0) is 51.4 Å². The molecular weight excluding hydrogens is 791 g/mol. The Morgan fingerprint density at radius 3 is 1.11 bits per heavy atom. The third kappa shape index (κ3) is 47.1. The average Bonchev–Trinajstić information content (AvgIpc) is 3.29. The first kappa shape index (κ1) is 62.6. The Balaban J connectivity index is 4.53. The Hall–Kier alpha value is -1.40. The van der Waals surface area contributed by atoms with Gasteiger partial charge in [0.15, 0.2) is 0 Å². The predicted molar refractivity (Wildman–Crippen MR) is 278 cm³/mol. The summed E-state index contributed by atoms with van der Waals surface area (Å²) in [7, 11) is 0. The van der Waals surface area contributed by atoms with Gasteiger partial charge in [0.1, 0.15) is 6.10 Å². The first-order valence-corrected chi connectivity index (χ1v) is 28.9. The molecule has 1 amide bonds. The number of aliphatic hydroxyl groups excluding tert-OH is 2. The van der Waals surface area contributed by atoms with Crippen LogP contribution in [0.25, 0.3) is 0 Å². The van der Waals surface area contributed by atoms with E-state index in [2.05, 4.69) is 38.2 Å². The molecule has 0 fully saturated rings. The van der Waals surface area contributed by atoms with Crippen LogP contribution in [0.3, 0.4) is 0 Å². The van der Waals surface area contributed by atoms with Crippen LogP contribution in [0, 0.1) is 0 Å². The molecule has 0 saturated carbocycles. The van der Waals surface area contributed by atoms with Gasteiger partial charge in [-0.15, -0.1) is 0 Å². The van der Waals surface area contributed by atoms with Crippen molar-refractivity contribution in [3.63, 3.8) is 0 Å². The fraction of sp³-hybridized carbons (Fsp3) is 0.931. The molecule has 0 aliphatic heterocycles. The Kier molecular flexibility index (Phi) is 51.4. The minimum atomic E-state index is -0.783. The zero-order chi connectivity index (χ0) is 46.7. The Morgan fingerprint density at radius 1 is 0.438 bits per heavy atom. The lowest BCUT2D eigenvalue weighted by molar-refractivity contribution is -0.151. The Morgan fingerprint density at radius 2 is 0.750 bits per heavy atom. The first-order chi connectivity index (χ1) is 31.5. The van der Waals surface area contributed by atoms with Crippen LogP contribution >= 0.6 is 0 Å². The summed E-state index contributed by atoms with van der Waals surface area (Å²) in [4.78, 5) is 26.3. The molecule has 0 heterocycles. The van der Waals surface area contributed by atoms with Crippen LogP contribution in [-0.4, -0.2) is 46.9 Å². The van der Waals surface area contributed by atoms with E-state index >= 15 is 0 Å². The minimum absolute atomic E-state index is 0.0823. The molecule has 0 radical (unpaired) electrons. The molecule has 0 bridgehead atoms. The lowest BCUT2D eigenvalue weighted by Gasteiger charge is -2.24. The fourth-order valence-corrected chi connectivity index (χ4v) is 9.19. The topological polar surface area (TPSA) is 95.9 Å². The number of hydrogen-bond acceptors (Lipinski definition) is 5. The van der Waals surface area contributed by atoms with E-state index in [-0.39, 0.29) is 24.9 Å². The van der Waals surface area contributed by atoms with Crippen molar-refractivity contribution in [1.29, 1.82) is 0 Å². The highest BCUT2D eigenvalue weighted by atomic mass is 16.5. The van der Waals surface area contributed by atoms with Crippen molar-refractivity contribution in [2.45, 2.75) is 341 Å². The normalized spacial score (nSPS) is 13.1. The molecule has 0 aromatic carbocycles. The summed E-state index contributed by atoms with van der Waals surface area (Å²) >= 11 is 0. The number of hydrogen-bond donors (Lipinski definition) is 3. The van der Waals surface area contributed by atoms with E-state index in [0.29, 0.717) is 19.3 Å². The Labute approximate surface area is 399 Å². The molecule has 64 heavy (non-hydrogen) atoms. The van der Waals surface area contributed by atoms with Gasteiger partial charge in [0, 0.05) is 6.42 Å². The van der Waals surface area contributed by atoms with E-state index in [1.54, 1.807) is 0 Å². The summed E-state index contributed by atoms with van der Waals surface area (Å²) in [6, 6.07) is -0.697. The van der Waals surface area contributed by atoms with Crippen LogP contribution in [0.5, 0.6) is 0 Å². The van der Waals surface area contributed by atoms with Gasteiger partial charge in [-0.1, -0.05) is 270 Å². The molecule has 0 spiro atoms. The lowest BCUT2D eigenvalue weighted by atomic mass is 10.0. The second-order valence-electron chi connectivity index (χ2n) is 20.1. The molecule has 0 aliphatic rings.